The fraction of sp³-hybridized carbons (Fsp3) is 0.308. The molecule has 6 nitrogen and oxygen atoms in total. The molecule has 0 amide bonds. The standard InChI is InChI=1S/C26H29NO5/c1-6-12-31-26(30)20-10-11-23-22(14-20)17(4)18(5)27(23)15-19-8-7-9-21(13-19)32-24(16(2)3)25(28)29/h6-11,13-14,16,24H,1,12,15H2,2-5H3,(H,28,29)/t24-/m1/s1. The van der Waals surface area contributed by atoms with Crippen molar-refractivity contribution in [2.45, 2.75) is 40.3 Å². The van der Waals surface area contributed by atoms with Crippen molar-refractivity contribution in [1.82, 2.24) is 4.57 Å². The molecular weight excluding hydrogens is 406 g/mol. The topological polar surface area (TPSA) is 77.8 Å². The summed E-state index contributed by atoms with van der Waals surface area (Å²) in [5, 5.41) is 10.4. The number of carbonyl (C=O) groups excluding carboxylic acids is 1. The number of hydrogen-bond donors (Lipinski definition) is 1. The van der Waals surface area contributed by atoms with Gasteiger partial charge in [0.15, 0.2) is 6.10 Å². The van der Waals surface area contributed by atoms with Crippen molar-refractivity contribution < 1.29 is 24.2 Å². The fourth-order valence-electron chi connectivity index (χ4n) is 3.72. The molecule has 0 spiro atoms. The van der Waals surface area contributed by atoms with Crippen molar-refractivity contribution in [3.05, 3.63) is 77.5 Å². The second-order valence-corrected chi connectivity index (χ2v) is 8.18. The molecular formula is C26H29NO5. The number of fused-ring (bicyclic) bond motifs is 1. The molecule has 1 atom stereocenters. The van der Waals surface area contributed by atoms with Crippen LogP contribution in [0.15, 0.2) is 55.1 Å². The van der Waals surface area contributed by atoms with Crippen molar-refractivity contribution in [2.24, 2.45) is 5.92 Å². The first kappa shape index (κ1) is 23.1. The molecule has 0 unspecified atom stereocenters. The van der Waals surface area contributed by atoms with Crippen molar-refractivity contribution in [3.63, 3.8) is 0 Å². The summed E-state index contributed by atoms with van der Waals surface area (Å²) in [5.41, 5.74) is 4.69. The quantitative estimate of drug-likeness (QED) is 0.372. The van der Waals surface area contributed by atoms with Crippen LogP contribution >= 0.6 is 0 Å². The van der Waals surface area contributed by atoms with Crippen LogP contribution < -0.4 is 4.74 Å². The maximum atomic E-state index is 12.2. The summed E-state index contributed by atoms with van der Waals surface area (Å²) in [6, 6.07) is 13.1. The van der Waals surface area contributed by atoms with Gasteiger partial charge in [-0.1, -0.05) is 38.6 Å². The zero-order valence-corrected chi connectivity index (χ0v) is 18.9. The van der Waals surface area contributed by atoms with Gasteiger partial charge in [-0.3, -0.25) is 0 Å². The highest BCUT2D eigenvalue weighted by Crippen LogP contribution is 2.28. The van der Waals surface area contributed by atoms with Crippen LogP contribution in [0.2, 0.25) is 0 Å². The van der Waals surface area contributed by atoms with Gasteiger partial charge in [-0.15, -0.1) is 0 Å². The molecule has 0 saturated heterocycles. The number of carboxylic acids is 1. The lowest BCUT2D eigenvalue weighted by molar-refractivity contribution is -0.147. The van der Waals surface area contributed by atoms with E-state index in [1.54, 1.807) is 18.2 Å². The molecule has 0 saturated carbocycles. The van der Waals surface area contributed by atoms with Gasteiger partial charge < -0.3 is 19.1 Å². The number of carbonyl (C=O) groups is 2. The molecule has 3 rings (SSSR count). The monoisotopic (exact) mass is 435 g/mol. The van der Waals surface area contributed by atoms with Crippen LogP contribution in [-0.2, 0) is 16.1 Å². The molecule has 0 aliphatic carbocycles. The third-order valence-corrected chi connectivity index (χ3v) is 5.56. The largest absolute Gasteiger partial charge is 0.478 e. The average Bonchev–Trinajstić information content (AvgIpc) is 3.00. The van der Waals surface area contributed by atoms with Gasteiger partial charge in [-0.2, -0.15) is 0 Å². The first-order chi connectivity index (χ1) is 15.2. The van der Waals surface area contributed by atoms with E-state index in [1.165, 1.54) is 0 Å². The minimum atomic E-state index is -0.976. The Hall–Kier alpha value is -3.54. The molecule has 3 aromatic rings. The van der Waals surface area contributed by atoms with E-state index in [9.17, 15) is 14.7 Å². The van der Waals surface area contributed by atoms with Crippen LogP contribution in [0.4, 0.5) is 0 Å². The Morgan fingerprint density at radius 3 is 2.56 bits per heavy atom. The number of rotatable bonds is 9. The number of benzene rings is 2. The molecule has 1 heterocycles. The van der Waals surface area contributed by atoms with Crippen molar-refractivity contribution >= 4 is 22.8 Å². The van der Waals surface area contributed by atoms with Crippen molar-refractivity contribution in [3.8, 4) is 5.75 Å². The Morgan fingerprint density at radius 1 is 1.16 bits per heavy atom. The number of aromatic nitrogens is 1. The van der Waals surface area contributed by atoms with Gasteiger partial charge in [-0.25, -0.2) is 9.59 Å². The van der Waals surface area contributed by atoms with E-state index in [2.05, 4.69) is 11.1 Å². The molecule has 1 aromatic heterocycles. The van der Waals surface area contributed by atoms with Gasteiger partial charge in [0.25, 0.3) is 0 Å². The van der Waals surface area contributed by atoms with Gasteiger partial charge in [0.2, 0.25) is 0 Å². The summed E-state index contributed by atoms with van der Waals surface area (Å²) in [7, 11) is 0. The number of nitrogens with zero attached hydrogens (tertiary/aromatic N) is 1. The number of esters is 1. The van der Waals surface area contributed by atoms with Gasteiger partial charge >= 0.3 is 11.9 Å². The lowest BCUT2D eigenvalue weighted by atomic mass is 10.1. The Labute approximate surface area is 188 Å². The predicted octanol–water partition coefficient (Wildman–Crippen LogP) is 5.14. The minimum absolute atomic E-state index is 0.151. The predicted molar refractivity (Wildman–Crippen MR) is 124 cm³/mol. The molecule has 32 heavy (non-hydrogen) atoms. The Balaban J connectivity index is 1.91. The minimum Gasteiger partial charge on any atom is -0.478 e. The number of carboxylic acid groups (broad SMARTS) is 1. The maximum absolute atomic E-state index is 12.2. The highest BCUT2D eigenvalue weighted by atomic mass is 16.5. The number of hydrogen-bond acceptors (Lipinski definition) is 4. The summed E-state index contributed by atoms with van der Waals surface area (Å²) >= 11 is 0. The highest BCUT2D eigenvalue weighted by molar-refractivity contribution is 5.96. The lowest BCUT2D eigenvalue weighted by Crippen LogP contribution is -2.32. The van der Waals surface area contributed by atoms with E-state index in [-0.39, 0.29) is 18.5 Å². The zero-order valence-electron chi connectivity index (χ0n) is 18.9. The van der Waals surface area contributed by atoms with Crippen LogP contribution in [0.5, 0.6) is 5.75 Å². The molecule has 0 radical (unpaired) electrons. The van der Waals surface area contributed by atoms with E-state index in [0.29, 0.717) is 17.9 Å². The van der Waals surface area contributed by atoms with E-state index >= 15 is 0 Å². The lowest BCUT2D eigenvalue weighted by Gasteiger charge is -2.19. The number of aryl methyl sites for hydroxylation is 1. The molecule has 2 aromatic carbocycles. The van der Waals surface area contributed by atoms with Crippen LogP contribution in [0.1, 0.15) is 41.0 Å². The summed E-state index contributed by atoms with van der Waals surface area (Å²) in [6.45, 7) is 12.1. The van der Waals surface area contributed by atoms with Gasteiger partial charge in [-0.05, 0) is 55.3 Å². The second kappa shape index (κ2) is 9.73. The van der Waals surface area contributed by atoms with Crippen LogP contribution in [0.25, 0.3) is 10.9 Å². The molecule has 168 valence electrons. The van der Waals surface area contributed by atoms with E-state index < -0.39 is 12.1 Å². The van der Waals surface area contributed by atoms with Gasteiger partial charge in [0.05, 0.1) is 5.56 Å². The Kier molecular flexibility index (Phi) is 7.03. The molecule has 6 heteroatoms. The van der Waals surface area contributed by atoms with Gasteiger partial charge in [0.1, 0.15) is 12.4 Å². The Bertz CT molecular complexity index is 1160. The molecule has 0 aliphatic heterocycles. The van der Waals surface area contributed by atoms with Gasteiger partial charge in [0, 0.05) is 29.1 Å². The zero-order chi connectivity index (χ0) is 23.4. The third kappa shape index (κ3) is 4.85. The van der Waals surface area contributed by atoms with Crippen molar-refractivity contribution in [2.75, 3.05) is 6.61 Å². The first-order valence-electron chi connectivity index (χ1n) is 10.6. The third-order valence-electron chi connectivity index (χ3n) is 5.56. The normalized spacial score (nSPS) is 12.0. The fourth-order valence-corrected chi connectivity index (χ4v) is 3.72. The molecule has 0 aliphatic rings. The number of aliphatic carboxylic acids is 1. The molecule has 0 fully saturated rings. The van der Waals surface area contributed by atoms with Crippen molar-refractivity contribution in [1.29, 1.82) is 0 Å². The SMILES string of the molecule is C=CCOC(=O)c1ccc2c(c1)c(C)c(C)n2Cc1cccc(O[C@@H](C(=O)O)C(C)C)c1. The van der Waals surface area contributed by atoms with E-state index in [0.717, 1.165) is 27.7 Å². The summed E-state index contributed by atoms with van der Waals surface area (Å²) in [4.78, 5) is 23.7. The summed E-state index contributed by atoms with van der Waals surface area (Å²) in [5.74, 6) is -0.973. The maximum Gasteiger partial charge on any atom is 0.345 e. The van der Waals surface area contributed by atoms with Crippen LogP contribution in [-0.4, -0.2) is 34.3 Å². The molecule has 0 bridgehead atoms. The first-order valence-corrected chi connectivity index (χ1v) is 10.6. The molecule has 1 N–H and O–H groups in total. The smallest absolute Gasteiger partial charge is 0.345 e. The van der Waals surface area contributed by atoms with Crippen LogP contribution in [0, 0.1) is 19.8 Å². The average molecular weight is 436 g/mol. The van der Waals surface area contributed by atoms with E-state index in [1.807, 2.05) is 58.0 Å². The van der Waals surface area contributed by atoms with Crippen LogP contribution in [0.3, 0.4) is 0 Å². The summed E-state index contributed by atoms with van der Waals surface area (Å²) < 4.78 is 13.1. The summed E-state index contributed by atoms with van der Waals surface area (Å²) in [6.07, 6.45) is 0.640. The Morgan fingerprint density at radius 2 is 1.91 bits per heavy atom. The number of ether oxygens (including phenoxy) is 2. The second-order valence-electron chi connectivity index (χ2n) is 8.18. The van der Waals surface area contributed by atoms with E-state index in [4.69, 9.17) is 9.47 Å². The highest BCUT2D eigenvalue weighted by Gasteiger charge is 2.23.